The van der Waals surface area contributed by atoms with Gasteiger partial charge in [-0.25, -0.2) is 0 Å². The first-order chi connectivity index (χ1) is 19.3. The van der Waals surface area contributed by atoms with Crippen molar-refractivity contribution in [3.05, 3.63) is 146 Å². The molecule has 7 heteroatoms. The molecule has 6 aromatic carbocycles. The van der Waals surface area contributed by atoms with E-state index in [4.69, 9.17) is 0 Å². The van der Waals surface area contributed by atoms with Crippen LogP contribution in [-0.2, 0) is 43.6 Å². The predicted octanol–water partition coefficient (Wildman–Crippen LogP) is 12.0. The largest absolute Gasteiger partial charge is 4.00 e. The van der Waals surface area contributed by atoms with E-state index in [0.29, 0.717) is 11.1 Å². The Labute approximate surface area is 272 Å². The number of halogens is 6. The summed E-state index contributed by atoms with van der Waals surface area (Å²) in [5.41, 5.74) is 3.45. The Morgan fingerprint density at radius 2 is 0.841 bits per heavy atom. The Morgan fingerprint density at radius 3 is 1.16 bits per heavy atom. The molecule has 6 aromatic rings. The van der Waals surface area contributed by atoms with E-state index < -0.39 is 28.9 Å². The van der Waals surface area contributed by atoms with Crippen LogP contribution in [0.3, 0.4) is 0 Å². The van der Waals surface area contributed by atoms with Crippen LogP contribution in [0.25, 0.3) is 43.8 Å². The van der Waals surface area contributed by atoms with Gasteiger partial charge in [-0.3, -0.25) is 0 Å². The van der Waals surface area contributed by atoms with Crippen LogP contribution >= 0.6 is 0 Å². The molecule has 224 valence electrons. The fraction of sp³-hybridized carbons (Fsp3) is 0.135. The molecule has 0 aliphatic heterocycles. The fourth-order valence-corrected chi connectivity index (χ4v) is 5.54. The minimum atomic E-state index is -4.39. The van der Waals surface area contributed by atoms with E-state index in [1.54, 1.807) is 0 Å². The summed E-state index contributed by atoms with van der Waals surface area (Å²) in [6, 6.07) is 30.4. The van der Waals surface area contributed by atoms with Crippen molar-refractivity contribution in [1.29, 1.82) is 0 Å². The molecule has 0 aliphatic rings. The molecule has 0 aliphatic carbocycles. The fourth-order valence-electron chi connectivity index (χ4n) is 5.54. The maximum absolute atomic E-state index is 13.1. The summed E-state index contributed by atoms with van der Waals surface area (Å²) in [4.78, 5) is 0. The first-order valence-electron chi connectivity index (χ1n) is 13.1. The van der Waals surface area contributed by atoms with Crippen LogP contribution in [0.2, 0.25) is 0 Å². The standard InChI is InChI=1S/C35H24F6.2CH3.Hf/c1-33(2,27-17-23-5-3-7-29(31(23)19-27)21-9-13-25(14-10-21)34(36,37)38)28-18-24-6-4-8-30(32(24)20-28)22-11-15-26(16-12-22)35(39,40)41;;;/h3-20H,1-2H3;2*1H3;/q-2;2*-1;+4. The Morgan fingerprint density at radius 1 is 0.500 bits per heavy atom. The van der Waals surface area contributed by atoms with Crippen molar-refractivity contribution >= 4 is 21.5 Å². The van der Waals surface area contributed by atoms with Crippen molar-refractivity contribution in [2.24, 2.45) is 0 Å². The molecule has 0 saturated carbocycles. The van der Waals surface area contributed by atoms with Crippen LogP contribution in [0.4, 0.5) is 26.3 Å². The van der Waals surface area contributed by atoms with Crippen molar-refractivity contribution in [3.63, 3.8) is 0 Å². The summed E-state index contributed by atoms with van der Waals surface area (Å²) in [6.07, 6.45) is -8.78. The summed E-state index contributed by atoms with van der Waals surface area (Å²) in [7, 11) is 0. The van der Waals surface area contributed by atoms with Crippen LogP contribution < -0.4 is 0 Å². The summed E-state index contributed by atoms with van der Waals surface area (Å²) >= 11 is 0. The topological polar surface area (TPSA) is 0 Å². The summed E-state index contributed by atoms with van der Waals surface area (Å²) in [5.74, 6) is 0. The zero-order valence-electron chi connectivity index (χ0n) is 24.7. The number of rotatable bonds is 4. The third kappa shape index (κ3) is 6.35. The zero-order chi connectivity index (χ0) is 29.2. The molecule has 0 atom stereocenters. The normalized spacial score (nSPS) is 12.0. The number of hydrogen-bond acceptors (Lipinski definition) is 0. The minimum absolute atomic E-state index is 0. The summed E-state index contributed by atoms with van der Waals surface area (Å²) < 4.78 is 78.5. The van der Waals surface area contributed by atoms with Crippen molar-refractivity contribution in [2.75, 3.05) is 0 Å². The first kappa shape index (κ1) is 35.0. The van der Waals surface area contributed by atoms with Gasteiger partial charge in [0, 0.05) is 0 Å². The first-order valence-corrected chi connectivity index (χ1v) is 13.1. The predicted molar refractivity (Wildman–Crippen MR) is 165 cm³/mol. The van der Waals surface area contributed by atoms with Gasteiger partial charge in [0.05, 0.1) is 11.1 Å². The van der Waals surface area contributed by atoms with Crippen LogP contribution in [0, 0.1) is 14.9 Å². The minimum Gasteiger partial charge on any atom is -0.358 e. The molecule has 0 nitrogen and oxygen atoms in total. The second-order valence-corrected chi connectivity index (χ2v) is 10.9. The zero-order valence-corrected chi connectivity index (χ0v) is 28.3. The number of fused-ring (bicyclic) bond motifs is 2. The molecule has 0 bridgehead atoms. The molecular weight excluding hydrogens is 737 g/mol. The van der Waals surface area contributed by atoms with Gasteiger partial charge in [-0.2, -0.15) is 38.5 Å². The Bertz CT molecular complexity index is 1730. The van der Waals surface area contributed by atoms with Crippen LogP contribution in [0.15, 0.2) is 109 Å². The van der Waals surface area contributed by atoms with Gasteiger partial charge in [0.25, 0.3) is 0 Å². The Balaban J connectivity index is 0.00000176. The smallest absolute Gasteiger partial charge is 0.358 e. The van der Waals surface area contributed by atoms with Crippen molar-refractivity contribution < 1.29 is 52.2 Å². The summed E-state index contributed by atoms with van der Waals surface area (Å²) in [5, 5.41) is 3.90. The van der Waals surface area contributed by atoms with Crippen LogP contribution in [-0.4, -0.2) is 0 Å². The van der Waals surface area contributed by atoms with Gasteiger partial charge in [0.2, 0.25) is 0 Å². The third-order valence-electron chi connectivity index (χ3n) is 7.99. The van der Waals surface area contributed by atoms with E-state index in [-0.39, 0.29) is 40.7 Å². The molecule has 0 amide bonds. The van der Waals surface area contributed by atoms with E-state index in [1.165, 1.54) is 24.3 Å². The van der Waals surface area contributed by atoms with E-state index in [2.05, 4.69) is 38.1 Å². The van der Waals surface area contributed by atoms with Gasteiger partial charge in [0.1, 0.15) is 0 Å². The van der Waals surface area contributed by atoms with Crippen molar-refractivity contribution in [1.82, 2.24) is 0 Å². The van der Waals surface area contributed by atoms with Crippen LogP contribution in [0.5, 0.6) is 0 Å². The van der Waals surface area contributed by atoms with E-state index >= 15 is 0 Å². The van der Waals surface area contributed by atoms with Gasteiger partial charge < -0.3 is 14.9 Å². The van der Waals surface area contributed by atoms with Gasteiger partial charge in [-0.15, -0.1) is 69.1 Å². The monoisotopic (exact) mass is 768 g/mol. The number of hydrogen-bond donors (Lipinski definition) is 0. The second kappa shape index (κ2) is 12.5. The van der Waals surface area contributed by atoms with Crippen molar-refractivity contribution in [3.8, 4) is 22.3 Å². The van der Waals surface area contributed by atoms with Crippen molar-refractivity contribution in [2.45, 2.75) is 31.6 Å². The Kier molecular flexibility index (Phi) is 9.96. The van der Waals surface area contributed by atoms with Gasteiger partial charge in [0.15, 0.2) is 0 Å². The molecule has 0 unspecified atom stereocenters. The van der Waals surface area contributed by atoms with Gasteiger partial charge >= 0.3 is 38.2 Å². The Hall–Kier alpha value is -3.45. The van der Waals surface area contributed by atoms with Crippen LogP contribution in [0.1, 0.15) is 36.1 Å². The van der Waals surface area contributed by atoms with E-state index in [0.717, 1.165) is 68.1 Å². The molecule has 0 heterocycles. The average molecular weight is 767 g/mol. The molecule has 0 saturated heterocycles. The molecular formula is C37H30F6Hf. The van der Waals surface area contributed by atoms with E-state index in [1.807, 2.05) is 36.4 Å². The van der Waals surface area contributed by atoms with Gasteiger partial charge in [-0.1, -0.05) is 61.4 Å². The SMILES string of the molecule is CC(C)(c1cc2c(-c3ccc(C(F)(F)F)cc3)cccc2[cH-]1)c1cc2c(-c3ccc(C(F)(F)F)cc3)cccc2[cH-]1.[CH3-].[CH3-].[Hf+4]. The summed E-state index contributed by atoms with van der Waals surface area (Å²) in [6.45, 7) is 4.23. The molecule has 0 spiro atoms. The average Bonchev–Trinajstić information content (AvgIpc) is 3.58. The molecule has 44 heavy (non-hydrogen) atoms. The maximum atomic E-state index is 13.1. The molecule has 0 N–H and O–H groups in total. The quantitative estimate of drug-likeness (QED) is 0.0952. The molecule has 0 radical (unpaired) electrons. The number of benzene rings is 4. The maximum Gasteiger partial charge on any atom is 4.00 e. The second-order valence-electron chi connectivity index (χ2n) is 10.9. The third-order valence-corrected chi connectivity index (χ3v) is 7.99. The van der Waals surface area contributed by atoms with E-state index in [9.17, 15) is 26.3 Å². The number of alkyl halides is 6. The van der Waals surface area contributed by atoms with Gasteiger partial charge in [-0.05, 0) is 40.8 Å². The molecule has 0 fully saturated rings. The molecule has 0 aromatic heterocycles. The molecule has 6 rings (SSSR count).